The van der Waals surface area contributed by atoms with Crippen molar-refractivity contribution in [2.24, 2.45) is 11.7 Å². The van der Waals surface area contributed by atoms with Crippen molar-refractivity contribution >= 4 is 5.91 Å². The molecule has 0 aliphatic heterocycles. The van der Waals surface area contributed by atoms with Crippen LogP contribution in [-0.2, 0) is 9.53 Å². The molecular formula is C18H27FN2O3. The molecule has 1 aromatic rings. The maximum absolute atomic E-state index is 12.9. The summed E-state index contributed by atoms with van der Waals surface area (Å²) in [6.45, 7) is 1.85. The molecule has 0 aromatic heterocycles. The fraction of sp³-hybridized carbons (Fsp3) is 0.611. The van der Waals surface area contributed by atoms with E-state index in [0.717, 1.165) is 19.3 Å². The van der Waals surface area contributed by atoms with E-state index in [9.17, 15) is 9.18 Å². The van der Waals surface area contributed by atoms with E-state index in [1.165, 1.54) is 12.1 Å². The molecule has 0 bridgehead atoms. The molecule has 2 atom stereocenters. The van der Waals surface area contributed by atoms with Gasteiger partial charge in [0.1, 0.15) is 18.2 Å². The van der Waals surface area contributed by atoms with Gasteiger partial charge in [-0.2, -0.15) is 0 Å². The summed E-state index contributed by atoms with van der Waals surface area (Å²) in [7, 11) is 1.62. The Morgan fingerprint density at radius 2 is 1.96 bits per heavy atom. The summed E-state index contributed by atoms with van der Waals surface area (Å²) in [4.78, 5) is 14.3. The molecule has 24 heavy (non-hydrogen) atoms. The monoisotopic (exact) mass is 338 g/mol. The zero-order valence-electron chi connectivity index (χ0n) is 14.2. The molecule has 0 heterocycles. The van der Waals surface area contributed by atoms with Crippen molar-refractivity contribution in [2.45, 2.75) is 31.7 Å². The van der Waals surface area contributed by atoms with E-state index in [2.05, 4.69) is 0 Å². The second-order valence-corrected chi connectivity index (χ2v) is 6.23. The minimum atomic E-state index is -0.299. The molecule has 6 heteroatoms. The summed E-state index contributed by atoms with van der Waals surface area (Å²) in [5, 5.41) is 0. The van der Waals surface area contributed by atoms with Gasteiger partial charge in [0.2, 0.25) is 5.91 Å². The van der Waals surface area contributed by atoms with Crippen molar-refractivity contribution < 1.29 is 18.7 Å². The smallest absolute Gasteiger partial charge is 0.223 e. The SMILES string of the molecule is COCCN(CCOc1ccc(F)cc1)C(=O)C[C@@H]1CCC[C@H]1N. The van der Waals surface area contributed by atoms with Crippen LogP contribution in [0.1, 0.15) is 25.7 Å². The number of nitrogens with zero attached hydrogens (tertiary/aromatic N) is 1. The highest BCUT2D eigenvalue weighted by Crippen LogP contribution is 2.27. The van der Waals surface area contributed by atoms with Crippen LogP contribution in [0.2, 0.25) is 0 Å². The molecule has 2 rings (SSSR count). The van der Waals surface area contributed by atoms with Crippen LogP contribution >= 0.6 is 0 Å². The summed E-state index contributed by atoms with van der Waals surface area (Å²) in [5.74, 6) is 0.665. The molecule has 0 saturated heterocycles. The van der Waals surface area contributed by atoms with Gasteiger partial charge in [-0.05, 0) is 43.0 Å². The lowest BCUT2D eigenvalue weighted by Crippen LogP contribution is -2.39. The van der Waals surface area contributed by atoms with E-state index in [0.29, 0.717) is 38.5 Å². The fourth-order valence-electron chi connectivity index (χ4n) is 3.04. The third kappa shape index (κ3) is 5.76. The molecular weight excluding hydrogens is 311 g/mol. The van der Waals surface area contributed by atoms with Gasteiger partial charge >= 0.3 is 0 Å². The minimum absolute atomic E-state index is 0.0945. The number of hydrogen-bond donors (Lipinski definition) is 1. The quantitative estimate of drug-likeness (QED) is 0.750. The zero-order valence-corrected chi connectivity index (χ0v) is 14.2. The van der Waals surface area contributed by atoms with Crippen molar-refractivity contribution in [1.82, 2.24) is 4.90 Å². The van der Waals surface area contributed by atoms with Crippen LogP contribution < -0.4 is 10.5 Å². The van der Waals surface area contributed by atoms with Gasteiger partial charge < -0.3 is 20.1 Å². The molecule has 0 unspecified atom stereocenters. The van der Waals surface area contributed by atoms with Crippen LogP contribution in [-0.4, -0.2) is 50.3 Å². The summed E-state index contributed by atoms with van der Waals surface area (Å²) in [6.07, 6.45) is 3.62. The van der Waals surface area contributed by atoms with Crippen molar-refractivity contribution in [1.29, 1.82) is 0 Å². The molecule has 1 amide bonds. The second-order valence-electron chi connectivity index (χ2n) is 6.23. The minimum Gasteiger partial charge on any atom is -0.492 e. The first kappa shape index (κ1) is 18.7. The largest absolute Gasteiger partial charge is 0.492 e. The van der Waals surface area contributed by atoms with E-state index >= 15 is 0 Å². The molecule has 1 fully saturated rings. The van der Waals surface area contributed by atoms with Crippen LogP contribution in [0.5, 0.6) is 5.75 Å². The van der Waals surface area contributed by atoms with Gasteiger partial charge in [0.05, 0.1) is 13.2 Å². The van der Waals surface area contributed by atoms with Gasteiger partial charge in [0.25, 0.3) is 0 Å². The van der Waals surface area contributed by atoms with Crippen molar-refractivity contribution in [3.05, 3.63) is 30.1 Å². The molecule has 134 valence electrons. The Labute approximate surface area is 142 Å². The first-order valence-corrected chi connectivity index (χ1v) is 8.51. The Bertz CT molecular complexity index is 509. The zero-order chi connectivity index (χ0) is 17.4. The molecule has 0 radical (unpaired) electrons. The van der Waals surface area contributed by atoms with Gasteiger partial charge in [-0.15, -0.1) is 0 Å². The highest BCUT2D eigenvalue weighted by molar-refractivity contribution is 5.76. The van der Waals surface area contributed by atoms with Crippen molar-refractivity contribution in [2.75, 3.05) is 33.4 Å². The lowest BCUT2D eigenvalue weighted by atomic mass is 9.99. The van der Waals surface area contributed by atoms with E-state index in [-0.39, 0.29) is 23.7 Å². The van der Waals surface area contributed by atoms with Crippen LogP contribution in [0.15, 0.2) is 24.3 Å². The van der Waals surface area contributed by atoms with Crippen LogP contribution in [0.4, 0.5) is 4.39 Å². The van der Waals surface area contributed by atoms with Gasteiger partial charge in [-0.25, -0.2) is 4.39 Å². The molecule has 1 aliphatic carbocycles. The summed E-state index contributed by atoms with van der Waals surface area (Å²) >= 11 is 0. The molecule has 1 aromatic carbocycles. The van der Waals surface area contributed by atoms with Crippen LogP contribution in [0, 0.1) is 11.7 Å². The number of benzene rings is 1. The Morgan fingerprint density at radius 1 is 1.25 bits per heavy atom. The summed E-state index contributed by atoms with van der Waals surface area (Å²) in [5.41, 5.74) is 6.07. The second kappa shape index (κ2) is 9.59. The normalized spacial score (nSPS) is 20.1. The van der Waals surface area contributed by atoms with Crippen LogP contribution in [0.25, 0.3) is 0 Å². The van der Waals surface area contributed by atoms with Crippen molar-refractivity contribution in [3.8, 4) is 5.75 Å². The number of methoxy groups -OCH3 is 1. The summed E-state index contributed by atoms with van der Waals surface area (Å²) in [6, 6.07) is 5.99. The van der Waals surface area contributed by atoms with Gasteiger partial charge in [-0.3, -0.25) is 4.79 Å². The topological polar surface area (TPSA) is 64.8 Å². The molecule has 1 saturated carbocycles. The predicted octanol–water partition coefficient (Wildman–Crippen LogP) is 2.20. The third-order valence-corrected chi connectivity index (χ3v) is 4.52. The number of carbonyl (C=O) groups is 1. The number of carbonyl (C=O) groups excluding carboxylic acids is 1. The molecule has 2 N–H and O–H groups in total. The third-order valence-electron chi connectivity index (χ3n) is 4.52. The number of ether oxygens (including phenoxy) is 2. The van der Waals surface area contributed by atoms with Gasteiger partial charge in [0.15, 0.2) is 0 Å². The highest BCUT2D eigenvalue weighted by atomic mass is 19.1. The Kier molecular flexibility index (Phi) is 7.46. The van der Waals surface area contributed by atoms with E-state index in [1.807, 2.05) is 0 Å². The van der Waals surface area contributed by atoms with Gasteiger partial charge in [-0.1, -0.05) is 6.42 Å². The lowest BCUT2D eigenvalue weighted by molar-refractivity contribution is -0.133. The first-order valence-electron chi connectivity index (χ1n) is 8.51. The average molecular weight is 338 g/mol. The first-order chi connectivity index (χ1) is 11.6. The predicted molar refractivity (Wildman–Crippen MR) is 90.3 cm³/mol. The average Bonchev–Trinajstić information content (AvgIpc) is 2.97. The molecule has 5 nitrogen and oxygen atoms in total. The lowest BCUT2D eigenvalue weighted by Gasteiger charge is -2.25. The number of hydrogen-bond acceptors (Lipinski definition) is 4. The number of nitrogens with two attached hydrogens (primary N) is 1. The van der Waals surface area contributed by atoms with E-state index in [1.54, 1.807) is 24.1 Å². The van der Waals surface area contributed by atoms with Gasteiger partial charge in [0, 0.05) is 26.1 Å². The molecule has 0 spiro atoms. The molecule has 1 aliphatic rings. The van der Waals surface area contributed by atoms with Crippen molar-refractivity contribution in [3.63, 3.8) is 0 Å². The summed E-state index contributed by atoms with van der Waals surface area (Å²) < 4.78 is 23.6. The van der Waals surface area contributed by atoms with E-state index < -0.39 is 0 Å². The fourth-order valence-corrected chi connectivity index (χ4v) is 3.04. The Hall–Kier alpha value is -1.66. The number of halogens is 1. The number of rotatable bonds is 9. The highest BCUT2D eigenvalue weighted by Gasteiger charge is 2.27. The Balaban J connectivity index is 1.82. The maximum atomic E-state index is 12.9. The van der Waals surface area contributed by atoms with Crippen LogP contribution in [0.3, 0.4) is 0 Å². The Morgan fingerprint density at radius 3 is 2.58 bits per heavy atom. The maximum Gasteiger partial charge on any atom is 0.223 e. The number of amides is 1. The van der Waals surface area contributed by atoms with E-state index in [4.69, 9.17) is 15.2 Å². The standard InChI is InChI=1S/C18H27FN2O3/c1-23-11-9-21(18(22)13-14-3-2-4-17(14)20)10-12-24-16-7-5-15(19)6-8-16/h5-8,14,17H,2-4,9-13,20H2,1H3/t14-,17+/m0/s1.